The standard InChI is InChI=1S/C6H4BrNO2S/c7-2-1-5-8-4(3-11-5)6(9)10/h1-3H,(H,9,10)/b2-1+. The van der Waals surface area contributed by atoms with Gasteiger partial charge in [0.15, 0.2) is 5.69 Å². The van der Waals surface area contributed by atoms with Crippen LogP contribution in [-0.2, 0) is 0 Å². The SMILES string of the molecule is O=C(O)c1csc(/C=C/Br)n1. The summed E-state index contributed by atoms with van der Waals surface area (Å²) in [5.41, 5.74) is 0.0931. The van der Waals surface area contributed by atoms with Gasteiger partial charge < -0.3 is 5.11 Å². The third-order valence-electron chi connectivity index (χ3n) is 0.947. The highest BCUT2D eigenvalue weighted by Crippen LogP contribution is 2.11. The molecule has 0 bridgehead atoms. The summed E-state index contributed by atoms with van der Waals surface area (Å²) in [6.45, 7) is 0. The van der Waals surface area contributed by atoms with E-state index in [-0.39, 0.29) is 5.69 Å². The predicted molar refractivity (Wildman–Crippen MR) is 47.0 cm³/mol. The molecule has 0 aliphatic heterocycles. The van der Waals surface area contributed by atoms with Gasteiger partial charge >= 0.3 is 5.97 Å². The highest BCUT2D eigenvalue weighted by molar-refractivity contribution is 9.11. The number of hydrogen-bond acceptors (Lipinski definition) is 3. The van der Waals surface area contributed by atoms with Gasteiger partial charge in [-0.15, -0.1) is 11.3 Å². The Morgan fingerprint density at radius 2 is 2.55 bits per heavy atom. The van der Waals surface area contributed by atoms with E-state index in [0.29, 0.717) is 5.01 Å². The van der Waals surface area contributed by atoms with Crippen LogP contribution in [-0.4, -0.2) is 16.1 Å². The molecule has 11 heavy (non-hydrogen) atoms. The van der Waals surface area contributed by atoms with Crippen LogP contribution in [0.25, 0.3) is 6.08 Å². The molecule has 0 saturated carbocycles. The minimum absolute atomic E-state index is 0.0931. The van der Waals surface area contributed by atoms with Crippen LogP contribution < -0.4 is 0 Å². The van der Waals surface area contributed by atoms with E-state index in [9.17, 15) is 4.79 Å². The van der Waals surface area contributed by atoms with Gasteiger partial charge in [-0.2, -0.15) is 0 Å². The maximum Gasteiger partial charge on any atom is 0.355 e. The lowest BCUT2D eigenvalue weighted by molar-refractivity contribution is 0.0691. The Morgan fingerprint density at radius 1 is 1.82 bits per heavy atom. The van der Waals surface area contributed by atoms with Gasteiger partial charge in [-0.1, -0.05) is 15.9 Å². The number of thiazole rings is 1. The van der Waals surface area contributed by atoms with Crippen molar-refractivity contribution < 1.29 is 9.90 Å². The summed E-state index contributed by atoms with van der Waals surface area (Å²) in [6.07, 6.45) is 1.69. The molecule has 1 aromatic heterocycles. The summed E-state index contributed by atoms with van der Waals surface area (Å²) >= 11 is 4.36. The quantitative estimate of drug-likeness (QED) is 0.853. The molecule has 0 amide bonds. The molecule has 1 N–H and O–H groups in total. The lowest BCUT2D eigenvalue weighted by atomic mass is 10.5. The van der Waals surface area contributed by atoms with Crippen molar-refractivity contribution in [1.82, 2.24) is 4.98 Å². The van der Waals surface area contributed by atoms with E-state index >= 15 is 0 Å². The van der Waals surface area contributed by atoms with Gasteiger partial charge in [0.2, 0.25) is 0 Å². The second-order valence-electron chi connectivity index (χ2n) is 1.67. The first-order valence-electron chi connectivity index (χ1n) is 2.69. The molecule has 0 saturated heterocycles. The lowest BCUT2D eigenvalue weighted by Crippen LogP contribution is -1.95. The maximum absolute atomic E-state index is 10.3. The molecule has 3 nitrogen and oxygen atoms in total. The van der Waals surface area contributed by atoms with Crippen LogP contribution in [0.15, 0.2) is 10.4 Å². The normalized spacial score (nSPS) is 10.6. The molecule has 0 atom stereocenters. The highest BCUT2D eigenvalue weighted by Gasteiger charge is 2.05. The molecule has 58 valence electrons. The van der Waals surface area contributed by atoms with Crippen molar-refractivity contribution in [3.8, 4) is 0 Å². The average Bonchev–Trinajstić information content (AvgIpc) is 2.37. The summed E-state index contributed by atoms with van der Waals surface area (Å²) < 4.78 is 0. The molecular formula is C6H4BrNO2S. The zero-order chi connectivity index (χ0) is 8.27. The smallest absolute Gasteiger partial charge is 0.355 e. The molecule has 0 spiro atoms. The van der Waals surface area contributed by atoms with Gasteiger partial charge in [-0.25, -0.2) is 9.78 Å². The zero-order valence-electron chi connectivity index (χ0n) is 5.32. The molecule has 0 aliphatic carbocycles. The summed E-state index contributed by atoms with van der Waals surface area (Å²) in [6, 6.07) is 0. The van der Waals surface area contributed by atoms with Crippen LogP contribution in [0.3, 0.4) is 0 Å². The van der Waals surface area contributed by atoms with Crippen molar-refractivity contribution in [2.75, 3.05) is 0 Å². The molecule has 0 aliphatic rings. The first-order chi connectivity index (χ1) is 5.24. The molecule has 0 unspecified atom stereocenters. The third-order valence-corrected chi connectivity index (χ3v) is 2.02. The van der Waals surface area contributed by atoms with Gasteiger partial charge in [0.25, 0.3) is 0 Å². The van der Waals surface area contributed by atoms with E-state index < -0.39 is 5.97 Å². The van der Waals surface area contributed by atoms with Crippen LogP contribution in [0.4, 0.5) is 0 Å². The molecule has 0 aromatic carbocycles. The average molecular weight is 234 g/mol. The summed E-state index contributed by atoms with van der Waals surface area (Å²) in [5.74, 6) is -0.990. The third kappa shape index (κ3) is 2.13. The van der Waals surface area contributed by atoms with Crippen molar-refractivity contribution >= 4 is 39.3 Å². The number of aromatic carboxylic acids is 1. The van der Waals surface area contributed by atoms with Gasteiger partial charge in [0.05, 0.1) is 0 Å². The fourth-order valence-corrected chi connectivity index (χ4v) is 1.63. The van der Waals surface area contributed by atoms with Crippen LogP contribution in [0.5, 0.6) is 0 Å². The Bertz CT molecular complexity index is 295. The molecule has 1 aromatic rings. The van der Waals surface area contributed by atoms with Crippen LogP contribution in [0.1, 0.15) is 15.5 Å². The van der Waals surface area contributed by atoms with E-state index in [1.165, 1.54) is 16.7 Å². The number of aromatic nitrogens is 1. The predicted octanol–water partition coefficient (Wildman–Crippen LogP) is 2.21. The fraction of sp³-hybridized carbons (Fsp3) is 0. The second kappa shape index (κ2) is 3.64. The molecule has 0 radical (unpaired) electrons. The lowest BCUT2D eigenvalue weighted by Gasteiger charge is -1.80. The first kappa shape index (κ1) is 8.42. The van der Waals surface area contributed by atoms with Gasteiger partial charge in [0.1, 0.15) is 5.01 Å². The first-order valence-corrected chi connectivity index (χ1v) is 4.49. The molecular weight excluding hydrogens is 230 g/mol. The van der Waals surface area contributed by atoms with E-state index in [1.807, 2.05) is 0 Å². The molecule has 1 rings (SSSR count). The van der Waals surface area contributed by atoms with Crippen molar-refractivity contribution in [2.24, 2.45) is 0 Å². The van der Waals surface area contributed by atoms with E-state index in [0.717, 1.165) is 0 Å². The van der Waals surface area contributed by atoms with Crippen LogP contribution >= 0.6 is 27.3 Å². The number of rotatable bonds is 2. The zero-order valence-corrected chi connectivity index (χ0v) is 7.72. The van der Waals surface area contributed by atoms with Crippen molar-refractivity contribution in [3.63, 3.8) is 0 Å². The Balaban J connectivity index is 2.90. The van der Waals surface area contributed by atoms with Crippen molar-refractivity contribution in [3.05, 3.63) is 21.1 Å². The Hall–Kier alpha value is -0.680. The maximum atomic E-state index is 10.3. The number of hydrogen-bond donors (Lipinski definition) is 1. The van der Waals surface area contributed by atoms with Crippen LogP contribution in [0.2, 0.25) is 0 Å². The van der Waals surface area contributed by atoms with Crippen molar-refractivity contribution in [2.45, 2.75) is 0 Å². The van der Waals surface area contributed by atoms with E-state index in [4.69, 9.17) is 5.11 Å². The molecule has 5 heteroatoms. The van der Waals surface area contributed by atoms with Gasteiger partial charge in [0, 0.05) is 5.38 Å². The fourth-order valence-electron chi connectivity index (χ4n) is 0.516. The Kier molecular flexibility index (Phi) is 2.78. The van der Waals surface area contributed by atoms with Gasteiger partial charge in [-0.05, 0) is 11.1 Å². The second-order valence-corrected chi connectivity index (χ2v) is 3.09. The minimum atomic E-state index is -0.990. The Morgan fingerprint density at radius 3 is 3.00 bits per heavy atom. The van der Waals surface area contributed by atoms with E-state index in [2.05, 4.69) is 20.9 Å². The number of carboxylic acid groups (broad SMARTS) is 1. The highest BCUT2D eigenvalue weighted by atomic mass is 79.9. The molecule has 1 heterocycles. The van der Waals surface area contributed by atoms with Gasteiger partial charge in [-0.3, -0.25) is 0 Å². The monoisotopic (exact) mass is 233 g/mol. The summed E-state index contributed by atoms with van der Waals surface area (Å²) in [4.78, 5) is 15.8. The minimum Gasteiger partial charge on any atom is -0.476 e. The number of halogens is 1. The summed E-state index contributed by atoms with van der Waals surface area (Å²) in [7, 11) is 0. The topological polar surface area (TPSA) is 50.2 Å². The largest absolute Gasteiger partial charge is 0.476 e. The number of carboxylic acids is 1. The Labute approximate surface area is 75.5 Å². The van der Waals surface area contributed by atoms with Crippen LogP contribution in [0, 0.1) is 0 Å². The van der Waals surface area contributed by atoms with Crippen molar-refractivity contribution in [1.29, 1.82) is 0 Å². The number of carbonyl (C=O) groups is 1. The number of nitrogens with zero attached hydrogens (tertiary/aromatic N) is 1. The molecule has 0 fully saturated rings. The van der Waals surface area contributed by atoms with E-state index in [1.54, 1.807) is 11.1 Å². The summed E-state index contributed by atoms with van der Waals surface area (Å²) in [5, 5.41) is 10.7.